The van der Waals surface area contributed by atoms with Crippen LogP contribution in [-0.2, 0) is 9.53 Å². The number of hydrogen-bond acceptors (Lipinski definition) is 4. The van der Waals surface area contributed by atoms with Crippen molar-refractivity contribution in [1.29, 1.82) is 0 Å². The van der Waals surface area contributed by atoms with Crippen molar-refractivity contribution in [3.05, 3.63) is 12.7 Å². The second-order valence-corrected chi connectivity index (χ2v) is 4.85. The molecule has 16 heavy (non-hydrogen) atoms. The summed E-state index contributed by atoms with van der Waals surface area (Å²) >= 11 is 0. The first-order valence-corrected chi connectivity index (χ1v) is 5.17. The van der Waals surface area contributed by atoms with E-state index >= 15 is 0 Å². The molecule has 0 heterocycles. The average Bonchev–Trinajstić information content (AvgIpc) is 2.12. The Kier molecular flexibility index (Phi) is 8.12. The maximum Gasteiger partial charge on any atom is 0.329 e. The van der Waals surface area contributed by atoms with Crippen molar-refractivity contribution in [3.8, 4) is 0 Å². The molecular formula is C12H24O4. The lowest BCUT2D eigenvalue weighted by Crippen LogP contribution is -2.26. The molecule has 96 valence electrons. The van der Waals surface area contributed by atoms with Crippen LogP contribution < -0.4 is 0 Å². The molecule has 0 bridgehead atoms. The molecule has 4 heteroatoms. The quantitative estimate of drug-likeness (QED) is 0.571. The van der Waals surface area contributed by atoms with Crippen LogP contribution in [0.1, 0.15) is 40.5 Å². The number of rotatable bonds is 4. The third-order valence-corrected chi connectivity index (χ3v) is 1.72. The van der Waals surface area contributed by atoms with Crippen LogP contribution >= 0.6 is 0 Å². The smallest absolute Gasteiger partial charge is 0.329 e. The first-order chi connectivity index (χ1) is 7.02. The fourth-order valence-electron chi connectivity index (χ4n) is 0.695. The van der Waals surface area contributed by atoms with Crippen LogP contribution in [0, 0.1) is 0 Å². The van der Waals surface area contributed by atoms with E-state index in [4.69, 9.17) is 0 Å². The van der Waals surface area contributed by atoms with E-state index < -0.39 is 17.2 Å². The van der Waals surface area contributed by atoms with Gasteiger partial charge in [-0.25, -0.2) is 4.79 Å². The molecule has 0 aliphatic carbocycles. The Morgan fingerprint density at radius 3 is 1.56 bits per heavy atom. The van der Waals surface area contributed by atoms with Gasteiger partial charge in [0.1, 0.15) is 0 Å². The first-order valence-electron chi connectivity index (χ1n) is 5.17. The van der Waals surface area contributed by atoms with Crippen molar-refractivity contribution >= 4 is 5.97 Å². The Balaban J connectivity index is 0. The van der Waals surface area contributed by atoms with Crippen molar-refractivity contribution in [2.24, 2.45) is 0 Å². The molecule has 0 rings (SSSR count). The molecule has 0 unspecified atom stereocenters. The van der Waals surface area contributed by atoms with Gasteiger partial charge in [-0.2, -0.15) is 0 Å². The van der Waals surface area contributed by atoms with Crippen LogP contribution in [0.4, 0.5) is 0 Å². The molecule has 2 N–H and O–H groups in total. The number of esters is 1. The van der Waals surface area contributed by atoms with Crippen molar-refractivity contribution in [3.63, 3.8) is 0 Å². The Morgan fingerprint density at radius 1 is 1.19 bits per heavy atom. The molecule has 0 atom stereocenters. The summed E-state index contributed by atoms with van der Waals surface area (Å²) in [6.45, 7) is 10.2. The van der Waals surface area contributed by atoms with Crippen molar-refractivity contribution in [2.45, 2.75) is 51.7 Å². The maximum absolute atomic E-state index is 9.84. The maximum atomic E-state index is 9.84. The number of methoxy groups -OCH3 is 1. The van der Waals surface area contributed by atoms with E-state index in [2.05, 4.69) is 11.3 Å². The van der Waals surface area contributed by atoms with E-state index in [0.29, 0.717) is 12.8 Å². The van der Waals surface area contributed by atoms with Gasteiger partial charge in [0.15, 0.2) is 0 Å². The molecule has 0 radical (unpaired) electrons. The number of carbonyl (C=O) groups excluding carboxylic acids is 1. The van der Waals surface area contributed by atoms with Crippen LogP contribution in [0.3, 0.4) is 0 Å². The number of aliphatic hydroxyl groups is 2. The molecule has 0 fully saturated rings. The van der Waals surface area contributed by atoms with Crippen LogP contribution in [-0.4, -0.2) is 34.5 Å². The fraction of sp³-hybridized carbons (Fsp3) is 0.750. The van der Waals surface area contributed by atoms with E-state index in [0.717, 1.165) is 6.08 Å². The fourth-order valence-corrected chi connectivity index (χ4v) is 0.695. The summed E-state index contributed by atoms with van der Waals surface area (Å²) in [6, 6.07) is 0. The second kappa shape index (κ2) is 7.41. The monoisotopic (exact) mass is 232 g/mol. The van der Waals surface area contributed by atoms with E-state index in [1.165, 1.54) is 7.11 Å². The van der Waals surface area contributed by atoms with E-state index in [-0.39, 0.29) is 0 Å². The van der Waals surface area contributed by atoms with Gasteiger partial charge in [-0.3, -0.25) is 0 Å². The van der Waals surface area contributed by atoms with Gasteiger partial charge in [0.2, 0.25) is 0 Å². The zero-order chi connectivity index (χ0) is 13.4. The molecule has 0 amide bonds. The molecule has 0 spiro atoms. The predicted molar refractivity (Wildman–Crippen MR) is 64.0 cm³/mol. The molecular weight excluding hydrogens is 208 g/mol. The van der Waals surface area contributed by atoms with Gasteiger partial charge < -0.3 is 14.9 Å². The van der Waals surface area contributed by atoms with E-state index in [1.807, 2.05) is 0 Å². The first kappa shape index (κ1) is 17.5. The predicted octanol–water partition coefficient (Wildman–Crippen LogP) is 1.65. The molecule has 0 saturated carbocycles. The summed E-state index contributed by atoms with van der Waals surface area (Å²) in [5.41, 5.74) is -1.31. The number of hydrogen-bond donors (Lipinski definition) is 2. The summed E-state index contributed by atoms with van der Waals surface area (Å²) < 4.78 is 4.14. The summed E-state index contributed by atoms with van der Waals surface area (Å²) in [7, 11) is 1.31. The summed E-state index contributed by atoms with van der Waals surface area (Å²) in [6.07, 6.45) is 2.38. The van der Waals surface area contributed by atoms with Crippen LogP contribution in [0.15, 0.2) is 12.7 Å². The third kappa shape index (κ3) is 18.8. The summed E-state index contributed by atoms with van der Waals surface area (Å²) in [5.74, 6) is -0.394. The van der Waals surface area contributed by atoms with E-state index in [9.17, 15) is 15.0 Å². The van der Waals surface area contributed by atoms with Crippen LogP contribution in [0.5, 0.6) is 0 Å². The lowest BCUT2D eigenvalue weighted by atomic mass is 9.94. The minimum Gasteiger partial charge on any atom is -0.466 e. The Labute approximate surface area is 97.9 Å². The lowest BCUT2D eigenvalue weighted by molar-refractivity contribution is -0.134. The van der Waals surface area contributed by atoms with Gasteiger partial charge in [0, 0.05) is 6.08 Å². The third-order valence-electron chi connectivity index (χ3n) is 1.72. The van der Waals surface area contributed by atoms with Gasteiger partial charge >= 0.3 is 5.97 Å². The highest BCUT2D eigenvalue weighted by Crippen LogP contribution is 2.17. The zero-order valence-corrected chi connectivity index (χ0v) is 10.9. The second-order valence-electron chi connectivity index (χ2n) is 4.85. The zero-order valence-electron chi connectivity index (χ0n) is 10.9. The molecule has 0 saturated heterocycles. The Morgan fingerprint density at radius 2 is 1.50 bits per heavy atom. The Bertz CT molecular complexity index is 194. The minimum absolute atomic E-state index is 0.394. The standard InChI is InChI=1S/C8H18O2.C4H6O2/c1-7(2,9)5-6-8(3,4)10;1-3-4(5)6-2/h9-10H,5-6H2,1-4H3;3H,1H2,2H3. The minimum atomic E-state index is -0.653. The molecule has 0 aromatic carbocycles. The van der Waals surface area contributed by atoms with Gasteiger partial charge in [-0.1, -0.05) is 6.58 Å². The highest BCUT2D eigenvalue weighted by Gasteiger charge is 2.19. The molecule has 0 aliphatic heterocycles. The summed E-state index contributed by atoms with van der Waals surface area (Å²) in [5, 5.41) is 18.5. The van der Waals surface area contributed by atoms with Gasteiger partial charge in [0.05, 0.1) is 18.3 Å². The average molecular weight is 232 g/mol. The largest absolute Gasteiger partial charge is 0.466 e. The molecule has 0 aromatic rings. The van der Waals surface area contributed by atoms with Crippen LogP contribution in [0.2, 0.25) is 0 Å². The van der Waals surface area contributed by atoms with Gasteiger partial charge in [-0.05, 0) is 40.5 Å². The van der Waals surface area contributed by atoms with Crippen molar-refractivity contribution < 1.29 is 19.7 Å². The van der Waals surface area contributed by atoms with E-state index in [1.54, 1.807) is 27.7 Å². The van der Waals surface area contributed by atoms with Crippen molar-refractivity contribution in [1.82, 2.24) is 0 Å². The molecule has 0 aliphatic rings. The normalized spacial score (nSPS) is 11.2. The SMILES string of the molecule is C=CC(=O)OC.CC(C)(O)CCC(C)(C)O. The molecule has 4 nitrogen and oxygen atoms in total. The number of carbonyl (C=O) groups is 1. The highest BCUT2D eigenvalue weighted by molar-refractivity contribution is 5.80. The topological polar surface area (TPSA) is 66.8 Å². The van der Waals surface area contributed by atoms with Crippen molar-refractivity contribution in [2.75, 3.05) is 7.11 Å². The summed E-state index contributed by atoms with van der Waals surface area (Å²) in [4.78, 5) is 9.84. The van der Waals surface area contributed by atoms with Gasteiger partial charge in [-0.15, -0.1) is 0 Å². The molecule has 0 aromatic heterocycles. The van der Waals surface area contributed by atoms with Crippen LogP contribution in [0.25, 0.3) is 0 Å². The van der Waals surface area contributed by atoms with Gasteiger partial charge in [0.25, 0.3) is 0 Å². The highest BCUT2D eigenvalue weighted by atomic mass is 16.5. The Hall–Kier alpha value is -0.870. The number of ether oxygens (including phenoxy) is 1. The lowest BCUT2D eigenvalue weighted by Gasteiger charge is -2.23.